The number of aromatic nitrogens is 1. The van der Waals surface area contributed by atoms with E-state index >= 15 is 0 Å². The number of amides is 2. The van der Waals surface area contributed by atoms with Crippen LogP contribution in [-0.4, -0.2) is 99.4 Å². The van der Waals surface area contributed by atoms with Gasteiger partial charge in [0.2, 0.25) is 5.91 Å². The van der Waals surface area contributed by atoms with Crippen molar-refractivity contribution in [3.05, 3.63) is 30.1 Å². The van der Waals surface area contributed by atoms with E-state index < -0.39 is 24.3 Å². The molecule has 1 unspecified atom stereocenters. The van der Waals surface area contributed by atoms with Crippen LogP contribution in [-0.2, 0) is 14.4 Å². The SMILES string of the molecule is CCC(C)CN1C[C@H]2C(=O)NC3(CCN(C(=O)c4ccncc4)CC3)[C@H]2C1.O=C(O)C(F)(F)F.O=C(O)C(F)(F)F. The van der Waals surface area contributed by atoms with Gasteiger partial charge in [-0.15, -0.1) is 0 Å². The zero-order valence-corrected chi connectivity index (χ0v) is 22.3. The number of alkyl halides is 6. The molecule has 0 saturated carbocycles. The third kappa shape index (κ3) is 9.03. The highest BCUT2D eigenvalue weighted by Gasteiger charge is 2.57. The summed E-state index contributed by atoms with van der Waals surface area (Å²) in [4.78, 5) is 51.5. The van der Waals surface area contributed by atoms with Crippen molar-refractivity contribution in [2.45, 2.75) is 51.0 Å². The highest BCUT2D eigenvalue weighted by Crippen LogP contribution is 2.44. The lowest BCUT2D eigenvalue weighted by Gasteiger charge is -2.43. The lowest BCUT2D eigenvalue weighted by atomic mass is 9.75. The average molecular weight is 599 g/mol. The number of aliphatic carboxylic acids is 2. The fourth-order valence-corrected chi connectivity index (χ4v) is 5.14. The van der Waals surface area contributed by atoms with Gasteiger partial charge >= 0.3 is 24.3 Å². The maximum Gasteiger partial charge on any atom is 0.490 e. The Kier molecular flexibility index (Phi) is 11.1. The largest absolute Gasteiger partial charge is 0.490 e. The zero-order chi connectivity index (χ0) is 31.2. The molecule has 3 N–H and O–H groups in total. The summed E-state index contributed by atoms with van der Waals surface area (Å²) in [7, 11) is 0. The predicted octanol–water partition coefficient (Wildman–Crippen LogP) is 3.05. The van der Waals surface area contributed by atoms with E-state index in [9.17, 15) is 35.9 Å². The molecule has 3 atom stereocenters. The van der Waals surface area contributed by atoms with E-state index in [1.54, 1.807) is 24.5 Å². The first-order valence-corrected chi connectivity index (χ1v) is 12.7. The molecule has 4 rings (SSSR count). The number of carboxylic acids is 2. The average Bonchev–Trinajstić information content (AvgIpc) is 3.42. The molecule has 16 heteroatoms. The number of piperidine rings is 1. The maximum absolute atomic E-state index is 12.7. The van der Waals surface area contributed by atoms with Gasteiger partial charge in [0, 0.05) is 62.1 Å². The summed E-state index contributed by atoms with van der Waals surface area (Å²) >= 11 is 0. The number of fused-ring (bicyclic) bond motifs is 2. The first-order chi connectivity index (χ1) is 18.9. The van der Waals surface area contributed by atoms with E-state index in [-0.39, 0.29) is 23.3 Å². The van der Waals surface area contributed by atoms with Gasteiger partial charge in [0.15, 0.2) is 0 Å². The fraction of sp³-hybridized carbons (Fsp3) is 0.640. The normalized spacial score (nSPS) is 22.4. The molecule has 3 saturated heterocycles. The van der Waals surface area contributed by atoms with Crippen LogP contribution in [0.2, 0.25) is 0 Å². The van der Waals surface area contributed by atoms with Crippen LogP contribution in [0.15, 0.2) is 24.5 Å². The van der Waals surface area contributed by atoms with E-state index in [0.29, 0.717) is 30.5 Å². The van der Waals surface area contributed by atoms with E-state index in [1.165, 1.54) is 6.42 Å². The third-order valence-electron chi connectivity index (χ3n) is 7.44. The van der Waals surface area contributed by atoms with Gasteiger partial charge < -0.3 is 25.3 Å². The second kappa shape index (κ2) is 13.5. The van der Waals surface area contributed by atoms with Crippen molar-refractivity contribution in [3.8, 4) is 0 Å². The predicted molar refractivity (Wildman–Crippen MR) is 131 cm³/mol. The Morgan fingerprint density at radius 2 is 1.51 bits per heavy atom. The van der Waals surface area contributed by atoms with E-state index in [2.05, 4.69) is 29.0 Å². The Hall–Kier alpha value is -3.43. The van der Waals surface area contributed by atoms with Crippen LogP contribution in [0.4, 0.5) is 26.3 Å². The molecule has 1 aromatic heterocycles. The summed E-state index contributed by atoms with van der Waals surface area (Å²) in [6, 6.07) is 3.54. The number of carbonyl (C=O) groups is 4. The molecule has 0 radical (unpaired) electrons. The van der Waals surface area contributed by atoms with Gasteiger partial charge in [0.05, 0.1) is 5.92 Å². The van der Waals surface area contributed by atoms with Crippen LogP contribution in [0.5, 0.6) is 0 Å². The summed E-state index contributed by atoms with van der Waals surface area (Å²) in [6.45, 7) is 8.90. The van der Waals surface area contributed by atoms with Gasteiger partial charge in [0.25, 0.3) is 5.91 Å². The van der Waals surface area contributed by atoms with Gasteiger partial charge in [-0.1, -0.05) is 20.3 Å². The lowest BCUT2D eigenvalue weighted by Crippen LogP contribution is -2.56. The van der Waals surface area contributed by atoms with Gasteiger partial charge in [-0.05, 0) is 30.9 Å². The molecular weight excluding hydrogens is 566 g/mol. The summed E-state index contributed by atoms with van der Waals surface area (Å²) in [5.74, 6) is -4.05. The number of halogens is 6. The molecule has 230 valence electrons. The third-order valence-corrected chi connectivity index (χ3v) is 7.44. The molecule has 3 aliphatic heterocycles. The van der Waals surface area contributed by atoms with Crippen LogP contribution in [0, 0.1) is 17.8 Å². The molecule has 0 aromatic carbocycles. The van der Waals surface area contributed by atoms with Crippen LogP contribution >= 0.6 is 0 Å². The van der Waals surface area contributed by atoms with Gasteiger partial charge in [0.1, 0.15) is 0 Å². The van der Waals surface area contributed by atoms with E-state index in [4.69, 9.17) is 19.8 Å². The smallest absolute Gasteiger partial charge is 0.475 e. The number of likely N-dealkylation sites (tertiary alicyclic amines) is 2. The summed E-state index contributed by atoms with van der Waals surface area (Å²) in [5.41, 5.74) is 0.566. The number of nitrogens with one attached hydrogen (secondary N) is 1. The van der Waals surface area contributed by atoms with Gasteiger partial charge in [-0.25, -0.2) is 9.59 Å². The maximum atomic E-state index is 12.7. The quantitative estimate of drug-likeness (QED) is 0.450. The monoisotopic (exact) mass is 598 g/mol. The number of hydrogen-bond donors (Lipinski definition) is 3. The summed E-state index contributed by atoms with van der Waals surface area (Å²) < 4.78 is 63.5. The number of hydrogen-bond acceptors (Lipinski definition) is 6. The molecule has 2 amide bonds. The highest BCUT2D eigenvalue weighted by molar-refractivity contribution is 5.94. The molecule has 1 aromatic rings. The van der Waals surface area contributed by atoms with Crippen LogP contribution < -0.4 is 5.32 Å². The molecule has 41 heavy (non-hydrogen) atoms. The van der Waals surface area contributed by atoms with E-state index in [1.807, 2.05) is 4.90 Å². The fourth-order valence-electron chi connectivity index (χ4n) is 5.14. The molecule has 0 aliphatic carbocycles. The number of carboxylic acid groups (broad SMARTS) is 2. The second-order valence-electron chi connectivity index (χ2n) is 10.2. The lowest BCUT2D eigenvalue weighted by molar-refractivity contribution is -0.193. The number of nitrogens with zero attached hydrogens (tertiary/aromatic N) is 3. The van der Waals surface area contributed by atoms with Crippen molar-refractivity contribution >= 4 is 23.8 Å². The number of carbonyl (C=O) groups excluding carboxylic acids is 2. The topological polar surface area (TPSA) is 140 Å². The van der Waals surface area contributed by atoms with E-state index in [0.717, 1.165) is 32.5 Å². The Morgan fingerprint density at radius 3 is 1.95 bits per heavy atom. The molecule has 0 bridgehead atoms. The second-order valence-corrected chi connectivity index (χ2v) is 10.2. The van der Waals surface area contributed by atoms with Crippen molar-refractivity contribution < 1.29 is 55.7 Å². The molecule has 1 spiro atoms. The van der Waals surface area contributed by atoms with Crippen LogP contribution in [0.25, 0.3) is 0 Å². The van der Waals surface area contributed by atoms with Crippen molar-refractivity contribution in [1.29, 1.82) is 0 Å². The standard InChI is InChI=1S/C21H30N4O2.2C2HF3O2/c1-3-15(2)12-24-13-17-18(14-24)21(23-19(17)26)6-10-25(11-7-21)20(27)16-4-8-22-9-5-16;2*3-2(4,5)1(6)7/h4-5,8-9,15,17-18H,3,6-7,10-14H2,1-2H3,(H,23,26);2*(H,6,7)/t15?,17-,18+;;/m1../s1. The minimum atomic E-state index is -5.08. The molecule has 3 fully saturated rings. The highest BCUT2D eigenvalue weighted by atomic mass is 19.4. The first kappa shape index (κ1) is 33.8. The first-order valence-electron chi connectivity index (χ1n) is 12.7. The Bertz CT molecular complexity index is 1050. The van der Waals surface area contributed by atoms with Crippen molar-refractivity contribution in [2.75, 3.05) is 32.7 Å². The van der Waals surface area contributed by atoms with Crippen molar-refractivity contribution in [1.82, 2.24) is 20.1 Å². The van der Waals surface area contributed by atoms with Crippen molar-refractivity contribution in [3.63, 3.8) is 0 Å². The Morgan fingerprint density at radius 1 is 1.02 bits per heavy atom. The molecular formula is C25H32F6N4O6. The van der Waals surface area contributed by atoms with Crippen LogP contribution in [0.1, 0.15) is 43.5 Å². The Labute approximate surface area is 231 Å². The summed E-state index contributed by atoms with van der Waals surface area (Å²) in [6.07, 6.45) is -3.97. The molecule has 3 aliphatic rings. The van der Waals surface area contributed by atoms with Crippen molar-refractivity contribution in [2.24, 2.45) is 17.8 Å². The van der Waals surface area contributed by atoms with Crippen LogP contribution in [0.3, 0.4) is 0 Å². The number of rotatable bonds is 4. The minimum absolute atomic E-state index is 0.0675. The zero-order valence-electron chi connectivity index (χ0n) is 22.3. The molecule has 4 heterocycles. The molecule has 10 nitrogen and oxygen atoms in total. The minimum Gasteiger partial charge on any atom is -0.475 e. The van der Waals surface area contributed by atoms with Gasteiger partial charge in [-0.2, -0.15) is 26.3 Å². The van der Waals surface area contributed by atoms with Gasteiger partial charge in [-0.3, -0.25) is 14.6 Å². The summed E-state index contributed by atoms with van der Waals surface area (Å²) in [5, 5.41) is 17.6. The Balaban J connectivity index is 0.000000349. The number of pyridine rings is 1.